The molecule has 2 aliphatic heterocycles. The number of anilines is 1. The maximum absolute atomic E-state index is 12.5. The van der Waals surface area contributed by atoms with Crippen molar-refractivity contribution in [3.05, 3.63) is 43.0 Å². The van der Waals surface area contributed by atoms with Crippen molar-refractivity contribution in [1.29, 1.82) is 0 Å². The number of piperidine rings is 1. The van der Waals surface area contributed by atoms with Gasteiger partial charge in [-0.3, -0.25) is 4.79 Å². The van der Waals surface area contributed by atoms with Gasteiger partial charge in [-0.15, -0.1) is 0 Å². The SMILES string of the molecule is O=C(CC1CC2CCC(C1)N2)Nc1ccccc1OCCn1ccnc1. The van der Waals surface area contributed by atoms with Crippen LogP contribution in [0.2, 0.25) is 0 Å². The number of benzene rings is 1. The van der Waals surface area contributed by atoms with Crippen LogP contribution in [0.15, 0.2) is 43.0 Å². The van der Waals surface area contributed by atoms with Gasteiger partial charge in [0.15, 0.2) is 0 Å². The Morgan fingerprint density at radius 1 is 1.27 bits per heavy atom. The van der Waals surface area contributed by atoms with Gasteiger partial charge < -0.3 is 19.9 Å². The number of carbonyl (C=O) groups is 1. The lowest BCUT2D eigenvalue weighted by Gasteiger charge is -2.28. The fourth-order valence-corrected chi connectivity index (χ4v) is 4.18. The predicted molar refractivity (Wildman–Crippen MR) is 100 cm³/mol. The van der Waals surface area contributed by atoms with Gasteiger partial charge in [0.1, 0.15) is 12.4 Å². The zero-order valence-corrected chi connectivity index (χ0v) is 14.9. The number of aromatic nitrogens is 2. The predicted octanol–water partition coefficient (Wildman–Crippen LogP) is 2.82. The Kier molecular flexibility index (Phi) is 5.20. The molecule has 1 aromatic heterocycles. The van der Waals surface area contributed by atoms with E-state index < -0.39 is 0 Å². The number of imidazole rings is 1. The number of hydrogen-bond acceptors (Lipinski definition) is 4. The van der Waals surface area contributed by atoms with E-state index in [0.29, 0.717) is 36.8 Å². The Labute approximate surface area is 154 Å². The average molecular weight is 354 g/mol. The molecule has 2 aliphatic rings. The van der Waals surface area contributed by atoms with Gasteiger partial charge in [0.05, 0.1) is 18.6 Å². The van der Waals surface area contributed by atoms with Crippen molar-refractivity contribution >= 4 is 11.6 Å². The molecular weight excluding hydrogens is 328 g/mol. The lowest BCUT2D eigenvalue weighted by molar-refractivity contribution is -0.117. The zero-order valence-electron chi connectivity index (χ0n) is 14.9. The van der Waals surface area contributed by atoms with Gasteiger partial charge in [0, 0.05) is 30.9 Å². The summed E-state index contributed by atoms with van der Waals surface area (Å²) < 4.78 is 7.84. The van der Waals surface area contributed by atoms with Crippen LogP contribution in [0.4, 0.5) is 5.69 Å². The minimum Gasteiger partial charge on any atom is -0.490 e. The quantitative estimate of drug-likeness (QED) is 0.802. The molecule has 0 spiro atoms. The van der Waals surface area contributed by atoms with E-state index in [0.717, 1.165) is 25.1 Å². The first kappa shape index (κ1) is 17.1. The lowest BCUT2D eigenvalue weighted by atomic mass is 9.89. The monoisotopic (exact) mass is 354 g/mol. The summed E-state index contributed by atoms with van der Waals surface area (Å²) in [6, 6.07) is 8.87. The molecule has 4 rings (SSSR count). The van der Waals surface area contributed by atoms with Gasteiger partial charge in [0.25, 0.3) is 0 Å². The largest absolute Gasteiger partial charge is 0.490 e. The Morgan fingerprint density at radius 2 is 2.08 bits per heavy atom. The molecule has 138 valence electrons. The van der Waals surface area contributed by atoms with Crippen LogP contribution in [0, 0.1) is 5.92 Å². The number of ether oxygens (including phenoxy) is 1. The number of carbonyl (C=O) groups excluding carboxylic acids is 1. The second kappa shape index (κ2) is 7.91. The molecular formula is C20H26N4O2. The average Bonchev–Trinajstić information content (AvgIpc) is 3.26. The molecule has 2 fully saturated rings. The van der Waals surface area contributed by atoms with Crippen molar-refractivity contribution in [3.63, 3.8) is 0 Å². The maximum atomic E-state index is 12.5. The number of nitrogens with one attached hydrogen (secondary N) is 2. The third-order valence-electron chi connectivity index (χ3n) is 5.37. The van der Waals surface area contributed by atoms with Crippen LogP contribution in [0.3, 0.4) is 0 Å². The third-order valence-corrected chi connectivity index (χ3v) is 5.37. The maximum Gasteiger partial charge on any atom is 0.224 e. The van der Waals surface area contributed by atoms with E-state index in [1.165, 1.54) is 12.8 Å². The van der Waals surface area contributed by atoms with Crippen LogP contribution in [0.25, 0.3) is 0 Å². The number of nitrogens with zero attached hydrogens (tertiary/aromatic N) is 2. The Morgan fingerprint density at radius 3 is 2.85 bits per heavy atom. The van der Waals surface area contributed by atoms with Gasteiger partial charge in [-0.05, 0) is 43.7 Å². The van der Waals surface area contributed by atoms with E-state index in [9.17, 15) is 4.79 Å². The van der Waals surface area contributed by atoms with Crippen LogP contribution in [-0.4, -0.2) is 34.1 Å². The highest BCUT2D eigenvalue weighted by molar-refractivity contribution is 5.92. The topological polar surface area (TPSA) is 68.2 Å². The lowest BCUT2D eigenvalue weighted by Crippen LogP contribution is -2.39. The minimum atomic E-state index is 0.0851. The first-order valence-corrected chi connectivity index (χ1v) is 9.50. The van der Waals surface area contributed by atoms with E-state index in [4.69, 9.17) is 4.74 Å². The summed E-state index contributed by atoms with van der Waals surface area (Å²) in [6.45, 7) is 1.25. The molecule has 2 saturated heterocycles. The van der Waals surface area contributed by atoms with E-state index in [1.807, 2.05) is 35.0 Å². The number of amides is 1. The summed E-state index contributed by atoms with van der Waals surface area (Å²) in [5.41, 5.74) is 0.750. The van der Waals surface area contributed by atoms with Crippen LogP contribution in [-0.2, 0) is 11.3 Å². The second-order valence-electron chi connectivity index (χ2n) is 7.37. The molecule has 0 radical (unpaired) electrons. The first-order valence-electron chi connectivity index (χ1n) is 9.50. The minimum absolute atomic E-state index is 0.0851. The van der Waals surface area contributed by atoms with Crippen LogP contribution < -0.4 is 15.4 Å². The molecule has 2 atom stereocenters. The summed E-state index contributed by atoms with van der Waals surface area (Å²) >= 11 is 0. The molecule has 0 aliphatic carbocycles. The standard InChI is InChI=1S/C20H26N4O2/c25-20(13-15-11-16-5-6-17(12-15)22-16)23-18-3-1-2-4-19(18)26-10-9-24-8-7-21-14-24/h1-4,7-8,14-17,22H,5-6,9-13H2,(H,23,25). The Bertz CT molecular complexity index is 719. The number of rotatable bonds is 7. The van der Waals surface area contributed by atoms with Crippen LogP contribution in [0.5, 0.6) is 5.75 Å². The molecule has 2 aromatic rings. The molecule has 2 unspecified atom stereocenters. The summed E-state index contributed by atoms with van der Waals surface area (Å²) in [5, 5.41) is 6.68. The van der Waals surface area contributed by atoms with E-state index >= 15 is 0 Å². The van der Waals surface area contributed by atoms with Gasteiger partial charge in [-0.25, -0.2) is 4.98 Å². The van der Waals surface area contributed by atoms with Gasteiger partial charge in [0.2, 0.25) is 5.91 Å². The summed E-state index contributed by atoms with van der Waals surface area (Å²) in [6.07, 6.45) is 10.8. The molecule has 2 N–H and O–H groups in total. The molecule has 2 bridgehead atoms. The number of hydrogen-bond donors (Lipinski definition) is 2. The Hall–Kier alpha value is -2.34. The molecule has 3 heterocycles. The smallest absolute Gasteiger partial charge is 0.224 e. The zero-order chi connectivity index (χ0) is 17.8. The molecule has 1 aromatic carbocycles. The highest BCUT2D eigenvalue weighted by atomic mass is 16.5. The molecule has 1 amide bonds. The van der Waals surface area contributed by atoms with Gasteiger partial charge >= 0.3 is 0 Å². The summed E-state index contributed by atoms with van der Waals surface area (Å²) in [5.74, 6) is 1.29. The van der Waals surface area contributed by atoms with Crippen LogP contribution >= 0.6 is 0 Å². The van der Waals surface area contributed by atoms with E-state index in [2.05, 4.69) is 15.6 Å². The second-order valence-corrected chi connectivity index (χ2v) is 7.37. The molecule has 6 nitrogen and oxygen atoms in total. The third kappa shape index (κ3) is 4.25. The van der Waals surface area contributed by atoms with Crippen molar-refractivity contribution in [2.45, 2.75) is 50.7 Å². The van der Waals surface area contributed by atoms with Gasteiger partial charge in [-0.1, -0.05) is 12.1 Å². The summed E-state index contributed by atoms with van der Waals surface area (Å²) in [7, 11) is 0. The van der Waals surface area contributed by atoms with Crippen molar-refractivity contribution in [2.24, 2.45) is 5.92 Å². The number of fused-ring (bicyclic) bond motifs is 2. The molecule has 6 heteroatoms. The highest BCUT2D eigenvalue weighted by Gasteiger charge is 2.34. The highest BCUT2D eigenvalue weighted by Crippen LogP contribution is 2.33. The van der Waals surface area contributed by atoms with E-state index in [-0.39, 0.29) is 5.91 Å². The fourth-order valence-electron chi connectivity index (χ4n) is 4.18. The van der Waals surface area contributed by atoms with Crippen molar-refractivity contribution < 1.29 is 9.53 Å². The van der Waals surface area contributed by atoms with Gasteiger partial charge in [-0.2, -0.15) is 0 Å². The normalized spacial score (nSPS) is 24.4. The van der Waals surface area contributed by atoms with Crippen molar-refractivity contribution in [2.75, 3.05) is 11.9 Å². The first-order chi connectivity index (χ1) is 12.8. The molecule has 26 heavy (non-hydrogen) atoms. The molecule has 0 saturated carbocycles. The van der Waals surface area contributed by atoms with Crippen LogP contribution in [0.1, 0.15) is 32.1 Å². The van der Waals surface area contributed by atoms with Crippen molar-refractivity contribution in [3.8, 4) is 5.75 Å². The number of para-hydroxylation sites is 2. The van der Waals surface area contributed by atoms with Crippen molar-refractivity contribution in [1.82, 2.24) is 14.9 Å². The fraction of sp³-hybridized carbons (Fsp3) is 0.500. The van der Waals surface area contributed by atoms with E-state index in [1.54, 1.807) is 12.5 Å². The Balaban J connectivity index is 1.30. The summed E-state index contributed by atoms with van der Waals surface area (Å²) in [4.78, 5) is 16.5.